The van der Waals surface area contributed by atoms with Crippen LogP contribution in [0.5, 0.6) is 0 Å². The van der Waals surface area contributed by atoms with Crippen molar-refractivity contribution in [1.82, 2.24) is 14.3 Å². The van der Waals surface area contributed by atoms with Crippen molar-refractivity contribution in [1.29, 1.82) is 0 Å². The van der Waals surface area contributed by atoms with Crippen LogP contribution in [0.3, 0.4) is 0 Å². The van der Waals surface area contributed by atoms with Crippen molar-refractivity contribution in [3.63, 3.8) is 0 Å². The third kappa shape index (κ3) is 4.91. The molecule has 1 aromatic carbocycles. The number of anilines is 1. The average Bonchev–Trinajstić information content (AvgIpc) is 3.34. The molecule has 38 heavy (non-hydrogen) atoms. The highest BCUT2D eigenvalue weighted by atomic mass is 32.2. The van der Waals surface area contributed by atoms with Crippen LogP contribution in [0.25, 0.3) is 5.52 Å². The van der Waals surface area contributed by atoms with Gasteiger partial charge < -0.3 is 14.9 Å². The Balaban J connectivity index is 1.54. The summed E-state index contributed by atoms with van der Waals surface area (Å²) >= 11 is 0. The van der Waals surface area contributed by atoms with Crippen molar-refractivity contribution >= 4 is 27.1 Å². The largest absolute Gasteiger partial charge is 0.396 e. The fourth-order valence-electron chi connectivity index (χ4n) is 5.93. The number of carbonyl (C=O) groups is 1. The van der Waals surface area contributed by atoms with Gasteiger partial charge in [-0.3, -0.25) is 9.20 Å². The SMILES string of the molecule is Cc1cc(F)ccc1C(=O)N1CC2CCC(C1)N2c1cc(S(=O)(=O)CC(C)(C)C)cc2cnc(CCO)n12. The van der Waals surface area contributed by atoms with Gasteiger partial charge in [-0.25, -0.2) is 17.8 Å². The van der Waals surface area contributed by atoms with Gasteiger partial charge in [0.1, 0.15) is 17.5 Å². The number of benzene rings is 1. The average molecular weight is 543 g/mol. The Labute approximate surface area is 223 Å². The van der Waals surface area contributed by atoms with Crippen LogP contribution in [0.1, 0.15) is 55.4 Å². The van der Waals surface area contributed by atoms with E-state index in [2.05, 4.69) is 9.88 Å². The molecule has 1 N–H and O–H groups in total. The standard InChI is InChI=1S/C28H35FN4O4S/c1-18-11-19(29)5-8-24(18)27(35)31-15-20-6-7-21(16-31)32(20)26-13-23(38(36,37)17-28(2,3)4)12-22-14-30-25(9-10-34)33(22)26/h5,8,11-14,20-21,34H,6-7,9-10,15-17H2,1-4H3. The number of aryl methyl sites for hydroxylation is 1. The van der Waals surface area contributed by atoms with Crippen molar-refractivity contribution in [2.24, 2.45) is 5.41 Å². The van der Waals surface area contributed by atoms with Crippen LogP contribution in [0.4, 0.5) is 10.2 Å². The predicted molar refractivity (Wildman–Crippen MR) is 144 cm³/mol. The van der Waals surface area contributed by atoms with E-state index in [1.54, 1.807) is 31.3 Å². The molecule has 0 radical (unpaired) electrons. The maximum absolute atomic E-state index is 13.6. The molecule has 0 aliphatic carbocycles. The Morgan fingerprint density at radius 3 is 2.42 bits per heavy atom. The lowest BCUT2D eigenvalue weighted by Gasteiger charge is -2.43. The Morgan fingerprint density at radius 1 is 1.13 bits per heavy atom. The minimum atomic E-state index is -3.57. The summed E-state index contributed by atoms with van der Waals surface area (Å²) in [5.41, 5.74) is 1.36. The van der Waals surface area contributed by atoms with E-state index in [1.165, 1.54) is 12.1 Å². The summed E-state index contributed by atoms with van der Waals surface area (Å²) in [5, 5.41) is 9.64. The van der Waals surface area contributed by atoms with Crippen LogP contribution in [-0.2, 0) is 16.3 Å². The topological polar surface area (TPSA) is 95.2 Å². The number of aliphatic hydroxyl groups excluding tert-OH is 1. The second-order valence-corrected chi connectivity index (χ2v) is 13.7. The quantitative estimate of drug-likeness (QED) is 0.511. The Morgan fingerprint density at radius 2 is 1.82 bits per heavy atom. The molecule has 2 aromatic heterocycles. The van der Waals surface area contributed by atoms with Crippen molar-refractivity contribution in [3.05, 3.63) is 59.3 Å². The van der Waals surface area contributed by atoms with Crippen LogP contribution in [-0.4, -0.2) is 71.2 Å². The minimum absolute atomic E-state index is 0.00778. The molecule has 2 atom stereocenters. The summed E-state index contributed by atoms with van der Waals surface area (Å²) < 4.78 is 42.4. The number of sulfone groups is 1. The van der Waals surface area contributed by atoms with E-state index in [1.807, 2.05) is 30.1 Å². The molecule has 10 heteroatoms. The zero-order chi connectivity index (χ0) is 27.4. The zero-order valence-corrected chi connectivity index (χ0v) is 23.1. The van der Waals surface area contributed by atoms with Crippen LogP contribution < -0.4 is 4.90 Å². The number of fused-ring (bicyclic) bond motifs is 3. The maximum atomic E-state index is 13.6. The fraction of sp³-hybridized carbons (Fsp3) is 0.500. The number of rotatable bonds is 6. The summed E-state index contributed by atoms with van der Waals surface area (Å²) in [6.45, 7) is 8.34. The molecule has 8 nitrogen and oxygen atoms in total. The second-order valence-electron chi connectivity index (χ2n) is 11.7. The number of imidazole rings is 1. The van der Waals surface area contributed by atoms with E-state index in [-0.39, 0.29) is 41.1 Å². The molecule has 204 valence electrons. The summed E-state index contributed by atoms with van der Waals surface area (Å²) in [5.74, 6) is 0.924. The van der Waals surface area contributed by atoms with Gasteiger partial charge >= 0.3 is 0 Å². The molecule has 2 bridgehead atoms. The molecular formula is C28H35FN4O4S. The van der Waals surface area contributed by atoms with E-state index in [4.69, 9.17) is 0 Å². The first kappa shape index (κ1) is 26.6. The molecule has 1 amide bonds. The number of hydrogen-bond donors (Lipinski definition) is 1. The van der Waals surface area contributed by atoms with Gasteiger partial charge in [0.15, 0.2) is 9.84 Å². The van der Waals surface area contributed by atoms with Gasteiger partial charge in [0.25, 0.3) is 5.91 Å². The zero-order valence-electron chi connectivity index (χ0n) is 22.3. The first-order chi connectivity index (χ1) is 17.9. The second kappa shape index (κ2) is 9.64. The van der Waals surface area contributed by atoms with E-state index >= 15 is 0 Å². The highest BCUT2D eigenvalue weighted by Gasteiger charge is 2.43. The van der Waals surface area contributed by atoms with Crippen LogP contribution in [0.2, 0.25) is 0 Å². The van der Waals surface area contributed by atoms with Crippen molar-refractivity contribution in [2.75, 3.05) is 30.3 Å². The number of aromatic nitrogens is 2. The highest BCUT2D eigenvalue weighted by Crippen LogP contribution is 2.38. The van der Waals surface area contributed by atoms with Gasteiger partial charge in [-0.05, 0) is 61.1 Å². The minimum Gasteiger partial charge on any atom is -0.396 e. The van der Waals surface area contributed by atoms with Crippen molar-refractivity contribution in [2.45, 2.75) is 63.9 Å². The lowest BCUT2D eigenvalue weighted by Crippen LogP contribution is -2.56. The smallest absolute Gasteiger partial charge is 0.254 e. The molecule has 2 fully saturated rings. The van der Waals surface area contributed by atoms with Crippen LogP contribution >= 0.6 is 0 Å². The lowest BCUT2D eigenvalue weighted by atomic mass is 10.0. The summed E-state index contributed by atoms with van der Waals surface area (Å²) in [6, 6.07) is 7.62. The Kier molecular flexibility index (Phi) is 6.76. The van der Waals surface area contributed by atoms with Crippen molar-refractivity contribution in [3.8, 4) is 0 Å². The maximum Gasteiger partial charge on any atom is 0.254 e. The van der Waals surface area contributed by atoms with Crippen LogP contribution in [0, 0.1) is 18.2 Å². The van der Waals surface area contributed by atoms with Gasteiger partial charge in [0.05, 0.1) is 29.0 Å². The van der Waals surface area contributed by atoms with E-state index in [9.17, 15) is 22.7 Å². The van der Waals surface area contributed by atoms with E-state index in [0.717, 1.165) is 18.7 Å². The number of nitrogens with zero attached hydrogens (tertiary/aromatic N) is 4. The number of piperazine rings is 1. The van der Waals surface area contributed by atoms with E-state index in [0.29, 0.717) is 42.0 Å². The van der Waals surface area contributed by atoms with Gasteiger partial charge in [0.2, 0.25) is 0 Å². The summed E-state index contributed by atoms with van der Waals surface area (Å²) in [6.07, 6.45) is 3.72. The number of pyridine rings is 1. The molecule has 0 saturated carbocycles. The monoisotopic (exact) mass is 542 g/mol. The molecule has 2 saturated heterocycles. The number of carbonyl (C=O) groups excluding carboxylic acids is 1. The Bertz CT molecular complexity index is 1480. The van der Waals surface area contributed by atoms with Crippen LogP contribution in [0.15, 0.2) is 41.4 Å². The lowest BCUT2D eigenvalue weighted by molar-refractivity contribution is 0.0716. The number of aliphatic hydroxyl groups is 1. The van der Waals surface area contributed by atoms with Gasteiger partial charge in [-0.15, -0.1) is 0 Å². The third-order valence-electron chi connectivity index (χ3n) is 7.42. The number of hydrogen-bond acceptors (Lipinski definition) is 6. The van der Waals surface area contributed by atoms with E-state index < -0.39 is 15.3 Å². The molecule has 4 heterocycles. The highest BCUT2D eigenvalue weighted by molar-refractivity contribution is 7.91. The first-order valence-corrected chi connectivity index (χ1v) is 14.7. The summed E-state index contributed by atoms with van der Waals surface area (Å²) in [4.78, 5) is 22.2. The molecule has 2 aliphatic heterocycles. The van der Waals surface area contributed by atoms with Gasteiger partial charge in [0, 0.05) is 37.2 Å². The summed E-state index contributed by atoms with van der Waals surface area (Å²) in [7, 11) is -3.57. The number of amides is 1. The van der Waals surface area contributed by atoms with Crippen molar-refractivity contribution < 1.29 is 22.7 Å². The molecule has 2 aliphatic rings. The number of likely N-dealkylation sites (tertiary alicyclic amines) is 1. The first-order valence-electron chi connectivity index (χ1n) is 13.1. The van der Waals surface area contributed by atoms with Gasteiger partial charge in [-0.1, -0.05) is 20.8 Å². The molecule has 5 rings (SSSR count). The number of halogens is 1. The molecule has 2 unspecified atom stereocenters. The predicted octanol–water partition coefficient (Wildman–Crippen LogP) is 3.63. The third-order valence-corrected chi connectivity index (χ3v) is 9.62. The molecule has 3 aromatic rings. The normalized spacial score (nSPS) is 19.9. The fourth-order valence-corrected chi connectivity index (χ4v) is 7.82. The molecule has 0 spiro atoms. The molecular weight excluding hydrogens is 507 g/mol. The van der Waals surface area contributed by atoms with Gasteiger partial charge in [-0.2, -0.15) is 0 Å². The Hall–Kier alpha value is -2.98.